The molecule has 84 valence electrons. The lowest BCUT2D eigenvalue weighted by molar-refractivity contribution is 0.420. The lowest BCUT2D eigenvalue weighted by Gasteiger charge is -2.07. The molecule has 0 saturated carbocycles. The van der Waals surface area contributed by atoms with E-state index >= 15 is 0 Å². The molecule has 0 aliphatic carbocycles. The van der Waals surface area contributed by atoms with Crippen molar-refractivity contribution in [2.24, 2.45) is 0 Å². The largest absolute Gasteiger partial charge is 0.496 e. The molecule has 17 heavy (non-hydrogen) atoms. The van der Waals surface area contributed by atoms with E-state index in [2.05, 4.69) is 4.98 Å². The minimum atomic E-state index is 0.739. The molecule has 3 heteroatoms. The molecule has 0 aliphatic heterocycles. The Morgan fingerprint density at radius 2 is 1.71 bits per heavy atom. The Morgan fingerprint density at radius 3 is 2.47 bits per heavy atom. The quantitative estimate of drug-likeness (QED) is 0.510. The van der Waals surface area contributed by atoms with Crippen LogP contribution in [0, 0.1) is 0 Å². The molecule has 0 radical (unpaired) electrons. The van der Waals surface area contributed by atoms with Gasteiger partial charge in [0.2, 0.25) is 0 Å². The summed E-state index contributed by atoms with van der Waals surface area (Å²) in [5.74, 6) is 0.820. The summed E-state index contributed by atoms with van der Waals surface area (Å²) in [6.07, 6.45) is 0. The zero-order valence-electron chi connectivity index (χ0n) is 9.47. The van der Waals surface area contributed by atoms with Crippen LogP contribution in [0.4, 0.5) is 5.69 Å². The number of pyridine rings is 1. The fraction of sp³-hybridized carbons (Fsp3) is 0.0714. The van der Waals surface area contributed by atoms with Crippen LogP contribution in [0.5, 0.6) is 5.75 Å². The molecule has 3 nitrogen and oxygen atoms in total. The minimum Gasteiger partial charge on any atom is -0.496 e. The average molecular weight is 224 g/mol. The molecule has 1 heterocycles. The first kappa shape index (κ1) is 9.90. The van der Waals surface area contributed by atoms with Gasteiger partial charge in [0.25, 0.3) is 0 Å². The number of aromatic nitrogens is 1. The Hall–Kier alpha value is -2.29. The predicted molar refractivity (Wildman–Crippen MR) is 70.2 cm³/mol. The van der Waals surface area contributed by atoms with Crippen molar-refractivity contribution >= 4 is 27.5 Å². The summed E-state index contributed by atoms with van der Waals surface area (Å²) in [7, 11) is 1.66. The summed E-state index contributed by atoms with van der Waals surface area (Å²) in [6.45, 7) is 0. The molecule has 0 saturated heterocycles. The summed E-state index contributed by atoms with van der Waals surface area (Å²) in [6, 6.07) is 13.6. The second kappa shape index (κ2) is 3.63. The summed E-state index contributed by atoms with van der Waals surface area (Å²) in [5.41, 5.74) is 8.52. The maximum Gasteiger partial charge on any atom is 0.128 e. The summed E-state index contributed by atoms with van der Waals surface area (Å²) >= 11 is 0. The van der Waals surface area contributed by atoms with Crippen molar-refractivity contribution in [3.63, 3.8) is 0 Å². The van der Waals surface area contributed by atoms with Gasteiger partial charge in [0.1, 0.15) is 5.75 Å². The number of hydrogen-bond donors (Lipinski definition) is 1. The number of nitrogens with two attached hydrogens (primary N) is 1. The highest BCUT2D eigenvalue weighted by Gasteiger charge is 2.05. The Labute approximate surface area is 98.8 Å². The van der Waals surface area contributed by atoms with Gasteiger partial charge in [-0.3, -0.25) is 0 Å². The van der Waals surface area contributed by atoms with Crippen LogP contribution in [0.1, 0.15) is 0 Å². The zero-order valence-corrected chi connectivity index (χ0v) is 9.47. The van der Waals surface area contributed by atoms with Crippen LogP contribution in [0.2, 0.25) is 0 Å². The second-order valence-electron chi connectivity index (χ2n) is 3.93. The monoisotopic (exact) mass is 224 g/mol. The fourth-order valence-corrected chi connectivity index (χ4v) is 2.05. The first-order chi connectivity index (χ1) is 8.29. The van der Waals surface area contributed by atoms with Gasteiger partial charge < -0.3 is 10.5 Å². The molecule has 3 aromatic rings. The number of benzene rings is 2. The first-order valence-electron chi connectivity index (χ1n) is 5.41. The first-order valence-corrected chi connectivity index (χ1v) is 5.41. The lowest BCUT2D eigenvalue weighted by atomic mass is 10.1. The Morgan fingerprint density at radius 1 is 1.00 bits per heavy atom. The molecule has 0 aliphatic rings. The van der Waals surface area contributed by atoms with Gasteiger partial charge in [-0.1, -0.05) is 12.1 Å². The van der Waals surface area contributed by atoms with Crippen LogP contribution in [0.15, 0.2) is 42.5 Å². The van der Waals surface area contributed by atoms with E-state index < -0.39 is 0 Å². The fourth-order valence-electron chi connectivity index (χ4n) is 2.05. The third-order valence-corrected chi connectivity index (χ3v) is 2.91. The van der Waals surface area contributed by atoms with E-state index in [1.807, 2.05) is 42.5 Å². The molecular weight excluding hydrogens is 212 g/mol. The van der Waals surface area contributed by atoms with Crippen LogP contribution in [-0.2, 0) is 0 Å². The van der Waals surface area contributed by atoms with Gasteiger partial charge in [-0.05, 0) is 30.3 Å². The number of anilines is 1. The normalized spacial score (nSPS) is 10.9. The van der Waals surface area contributed by atoms with E-state index in [1.54, 1.807) is 7.11 Å². The number of fused-ring (bicyclic) bond motifs is 2. The molecular formula is C14H12N2O. The standard InChI is InChI=1S/C14H12N2O/c1-17-14-7-3-6-13-10(14)8-9-11(15)4-2-5-12(9)16-13/h2-8H,15H2,1H3. The maximum atomic E-state index is 5.96. The third kappa shape index (κ3) is 1.47. The van der Waals surface area contributed by atoms with Crippen LogP contribution in [0.25, 0.3) is 21.8 Å². The number of rotatable bonds is 1. The summed E-state index contributed by atoms with van der Waals surface area (Å²) < 4.78 is 5.34. The molecule has 0 unspecified atom stereocenters. The molecule has 2 aromatic carbocycles. The number of nitrogens with zero attached hydrogens (tertiary/aromatic N) is 1. The summed E-state index contributed by atoms with van der Waals surface area (Å²) in [5, 5.41) is 1.95. The highest BCUT2D eigenvalue weighted by Crippen LogP contribution is 2.29. The van der Waals surface area contributed by atoms with Gasteiger partial charge in [0.05, 0.1) is 18.1 Å². The number of hydrogen-bond acceptors (Lipinski definition) is 3. The molecule has 3 rings (SSSR count). The Balaban J connectivity index is 2.49. The van der Waals surface area contributed by atoms with Gasteiger partial charge in [0.15, 0.2) is 0 Å². The second-order valence-corrected chi connectivity index (χ2v) is 3.93. The van der Waals surface area contributed by atoms with Crippen LogP contribution >= 0.6 is 0 Å². The van der Waals surface area contributed by atoms with Crippen molar-refractivity contribution in [1.82, 2.24) is 4.98 Å². The van der Waals surface area contributed by atoms with E-state index in [0.29, 0.717) is 0 Å². The van der Waals surface area contributed by atoms with Gasteiger partial charge in [-0.25, -0.2) is 4.98 Å². The molecule has 0 bridgehead atoms. The molecule has 0 atom stereocenters. The SMILES string of the molecule is COc1cccc2nc3cccc(N)c3cc12. The van der Waals surface area contributed by atoms with E-state index in [9.17, 15) is 0 Å². The lowest BCUT2D eigenvalue weighted by Crippen LogP contribution is -1.91. The van der Waals surface area contributed by atoms with E-state index in [0.717, 1.165) is 33.2 Å². The van der Waals surface area contributed by atoms with Gasteiger partial charge in [0, 0.05) is 16.5 Å². The van der Waals surface area contributed by atoms with Gasteiger partial charge in [-0.2, -0.15) is 0 Å². The topological polar surface area (TPSA) is 48.1 Å². The number of ether oxygens (including phenoxy) is 1. The molecule has 2 N–H and O–H groups in total. The summed E-state index contributed by atoms with van der Waals surface area (Å²) in [4.78, 5) is 4.59. The third-order valence-electron chi connectivity index (χ3n) is 2.91. The van der Waals surface area contributed by atoms with Crippen molar-refractivity contribution in [2.45, 2.75) is 0 Å². The maximum absolute atomic E-state index is 5.96. The number of nitrogen functional groups attached to an aromatic ring is 1. The smallest absolute Gasteiger partial charge is 0.128 e. The van der Waals surface area contributed by atoms with Crippen molar-refractivity contribution in [3.8, 4) is 5.75 Å². The van der Waals surface area contributed by atoms with Crippen LogP contribution < -0.4 is 10.5 Å². The molecule has 1 aromatic heterocycles. The van der Waals surface area contributed by atoms with Crippen molar-refractivity contribution in [3.05, 3.63) is 42.5 Å². The van der Waals surface area contributed by atoms with Crippen LogP contribution in [-0.4, -0.2) is 12.1 Å². The number of methoxy groups -OCH3 is 1. The average Bonchev–Trinajstić information content (AvgIpc) is 2.36. The van der Waals surface area contributed by atoms with E-state index in [4.69, 9.17) is 10.5 Å². The highest BCUT2D eigenvalue weighted by molar-refractivity contribution is 6.00. The van der Waals surface area contributed by atoms with E-state index in [-0.39, 0.29) is 0 Å². The van der Waals surface area contributed by atoms with Crippen LogP contribution in [0.3, 0.4) is 0 Å². The Kier molecular flexibility index (Phi) is 2.11. The zero-order chi connectivity index (χ0) is 11.8. The molecule has 0 amide bonds. The van der Waals surface area contributed by atoms with Crippen molar-refractivity contribution in [1.29, 1.82) is 0 Å². The molecule has 0 fully saturated rings. The predicted octanol–water partition coefficient (Wildman–Crippen LogP) is 2.98. The van der Waals surface area contributed by atoms with Gasteiger partial charge in [-0.15, -0.1) is 0 Å². The minimum absolute atomic E-state index is 0.739. The Bertz CT molecular complexity index is 707. The molecule has 0 spiro atoms. The van der Waals surface area contributed by atoms with Crippen molar-refractivity contribution in [2.75, 3.05) is 12.8 Å². The van der Waals surface area contributed by atoms with Gasteiger partial charge >= 0.3 is 0 Å². The van der Waals surface area contributed by atoms with E-state index in [1.165, 1.54) is 0 Å². The van der Waals surface area contributed by atoms with Crippen molar-refractivity contribution < 1.29 is 4.74 Å². The highest BCUT2D eigenvalue weighted by atomic mass is 16.5.